The van der Waals surface area contributed by atoms with E-state index in [2.05, 4.69) is 10.5 Å². The van der Waals surface area contributed by atoms with E-state index < -0.39 is 23.2 Å². The number of phenolic OH excluding ortho intramolecular Hbond substituents is 5. The normalized spacial score (nSPS) is 10.8. The highest BCUT2D eigenvalue weighted by atomic mass is 16.3. The Hall–Kier alpha value is -3.42. The predicted octanol–water partition coefficient (Wildman–Crippen LogP) is 0.907. The van der Waals surface area contributed by atoms with Crippen LogP contribution in [0, 0.1) is 0 Å². The lowest BCUT2D eigenvalue weighted by molar-refractivity contribution is -0.120. The van der Waals surface area contributed by atoms with Gasteiger partial charge in [-0.1, -0.05) is 6.07 Å². The summed E-state index contributed by atoms with van der Waals surface area (Å²) in [6.45, 7) is 0. The van der Waals surface area contributed by atoms with E-state index in [0.29, 0.717) is 5.56 Å². The van der Waals surface area contributed by atoms with Crippen molar-refractivity contribution in [1.82, 2.24) is 5.43 Å². The molecule has 2 aromatic rings. The van der Waals surface area contributed by atoms with Crippen LogP contribution in [-0.4, -0.2) is 37.7 Å². The summed E-state index contributed by atoms with van der Waals surface area (Å²) in [6.07, 6.45) is 1.01. The number of nitrogens with one attached hydrogen (secondary N) is 1. The second-order valence-electron chi connectivity index (χ2n) is 4.66. The van der Waals surface area contributed by atoms with Crippen molar-refractivity contribution < 1.29 is 30.3 Å². The number of phenols is 5. The van der Waals surface area contributed by atoms with Crippen molar-refractivity contribution in [2.45, 2.75) is 6.42 Å². The Morgan fingerprint density at radius 2 is 1.65 bits per heavy atom. The molecule has 0 aliphatic rings. The molecule has 0 fully saturated rings. The van der Waals surface area contributed by atoms with Gasteiger partial charge in [-0.25, -0.2) is 5.43 Å². The SMILES string of the molecule is O=C(Cc1ccc(O)c(O)c1)N/N=C/c1ccc(O)c(O)c1O. The number of carbonyl (C=O) groups excluding carboxylic acids is 1. The average Bonchev–Trinajstić information content (AvgIpc) is 2.51. The lowest BCUT2D eigenvalue weighted by Crippen LogP contribution is -2.19. The molecule has 0 saturated heterocycles. The molecule has 0 unspecified atom stereocenters. The van der Waals surface area contributed by atoms with E-state index in [-0.39, 0.29) is 23.5 Å². The third kappa shape index (κ3) is 3.82. The van der Waals surface area contributed by atoms with Gasteiger partial charge in [0.05, 0.1) is 12.6 Å². The molecule has 1 amide bonds. The molecule has 0 aromatic heterocycles. The molecule has 0 atom stereocenters. The van der Waals surface area contributed by atoms with Gasteiger partial charge in [0.2, 0.25) is 11.7 Å². The first-order valence-electron chi connectivity index (χ1n) is 6.45. The Bertz CT molecular complexity index is 773. The molecule has 120 valence electrons. The summed E-state index contributed by atoms with van der Waals surface area (Å²) in [4.78, 5) is 11.7. The summed E-state index contributed by atoms with van der Waals surface area (Å²) in [6, 6.07) is 6.46. The molecule has 0 spiro atoms. The van der Waals surface area contributed by atoms with Gasteiger partial charge in [-0.3, -0.25) is 4.79 Å². The second-order valence-corrected chi connectivity index (χ2v) is 4.66. The van der Waals surface area contributed by atoms with Crippen molar-refractivity contribution in [3.63, 3.8) is 0 Å². The summed E-state index contributed by atoms with van der Waals surface area (Å²) in [5, 5.41) is 50.2. The van der Waals surface area contributed by atoms with E-state index >= 15 is 0 Å². The summed E-state index contributed by atoms with van der Waals surface area (Å²) >= 11 is 0. The molecular formula is C15H14N2O6. The maximum Gasteiger partial charge on any atom is 0.244 e. The first kappa shape index (κ1) is 16.0. The number of benzene rings is 2. The van der Waals surface area contributed by atoms with Crippen LogP contribution >= 0.6 is 0 Å². The van der Waals surface area contributed by atoms with Crippen LogP contribution in [0.2, 0.25) is 0 Å². The Labute approximate surface area is 130 Å². The van der Waals surface area contributed by atoms with Gasteiger partial charge in [-0.05, 0) is 29.8 Å². The van der Waals surface area contributed by atoms with E-state index in [9.17, 15) is 30.3 Å². The molecule has 0 aliphatic heterocycles. The molecule has 2 rings (SSSR count). The van der Waals surface area contributed by atoms with Crippen molar-refractivity contribution in [3.05, 3.63) is 41.5 Å². The molecule has 0 aliphatic carbocycles. The molecule has 6 N–H and O–H groups in total. The minimum absolute atomic E-state index is 0.0853. The number of aromatic hydroxyl groups is 5. The maximum atomic E-state index is 11.7. The van der Waals surface area contributed by atoms with Gasteiger partial charge in [0.25, 0.3) is 0 Å². The summed E-state index contributed by atoms with van der Waals surface area (Å²) in [5.74, 6) is -2.82. The fraction of sp³-hybridized carbons (Fsp3) is 0.0667. The lowest BCUT2D eigenvalue weighted by Gasteiger charge is -2.04. The molecule has 0 bridgehead atoms. The van der Waals surface area contributed by atoms with Crippen LogP contribution in [0.4, 0.5) is 0 Å². The van der Waals surface area contributed by atoms with E-state index in [1.807, 2.05) is 0 Å². The van der Waals surface area contributed by atoms with E-state index in [1.165, 1.54) is 24.3 Å². The fourth-order valence-electron chi connectivity index (χ4n) is 1.77. The van der Waals surface area contributed by atoms with Crippen LogP contribution in [-0.2, 0) is 11.2 Å². The summed E-state index contributed by atoms with van der Waals surface area (Å²) in [5.41, 5.74) is 2.78. The zero-order valence-electron chi connectivity index (χ0n) is 11.8. The number of amides is 1. The van der Waals surface area contributed by atoms with Crippen molar-refractivity contribution >= 4 is 12.1 Å². The quantitative estimate of drug-likeness (QED) is 0.281. The fourth-order valence-corrected chi connectivity index (χ4v) is 1.77. The monoisotopic (exact) mass is 318 g/mol. The topological polar surface area (TPSA) is 143 Å². The van der Waals surface area contributed by atoms with Gasteiger partial charge >= 0.3 is 0 Å². The number of hydrogen-bond acceptors (Lipinski definition) is 7. The Balaban J connectivity index is 1.99. The third-order valence-corrected chi connectivity index (χ3v) is 2.96. The standard InChI is InChI=1S/C15H14N2O6/c18-10-3-1-8(5-12(10)20)6-13(21)17-16-7-9-2-4-11(19)15(23)14(9)22/h1-5,7,18-20,22-23H,6H2,(H,17,21)/b16-7+. The largest absolute Gasteiger partial charge is 0.504 e. The van der Waals surface area contributed by atoms with E-state index in [0.717, 1.165) is 12.3 Å². The second kappa shape index (κ2) is 6.56. The van der Waals surface area contributed by atoms with Gasteiger partial charge in [0, 0.05) is 5.56 Å². The first-order valence-corrected chi connectivity index (χ1v) is 6.45. The Morgan fingerprint density at radius 3 is 2.35 bits per heavy atom. The third-order valence-electron chi connectivity index (χ3n) is 2.96. The summed E-state index contributed by atoms with van der Waals surface area (Å²) < 4.78 is 0. The Morgan fingerprint density at radius 1 is 0.957 bits per heavy atom. The van der Waals surface area contributed by atoms with Crippen LogP contribution in [0.15, 0.2) is 35.4 Å². The number of hydrazone groups is 1. The summed E-state index contributed by atoms with van der Waals surface area (Å²) in [7, 11) is 0. The van der Waals surface area contributed by atoms with Crippen molar-refractivity contribution in [1.29, 1.82) is 0 Å². The molecule has 2 aromatic carbocycles. The lowest BCUT2D eigenvalue weighted by atomic mass is 10.1. The highest BCUT2D eigenvalue weighted by Crippen LogP contribution is 2.36. The van der Waals surface area contributed by atoms with Crippen LogP contribution < -0.4 is 5.43 Å². The zero-order valence-corrected chi connectivity index (χ0v) is 11.8. The van der Waals surface area contributed by atoms with Crippen LogP contribution in [0.5, 0.6) is 28.7 Å². The number of carbonyl (C=O) groups is 1. The van der Waals surface area contributed by atoms with Crippen LogP contribution in [0.25, 0.3) is 0 Å². The van der Waals surface area contributed by atoms with Crippen LogP contribution in [0.3, 0.4) is 0 Å². The van der Waals surface area contributed by atoms with Gasteiger partial charge in [-0.2, -0.15) is 5.10 Å². The van der Waals surface area contributed by atoms with Crippen molar-refractivity contribution in [2.75, 3.05) is 0 Å². The van der Waals surface area contributed by atoms with E-state index in [1.54, 1.807) is 0 Å². The van der Waals surface area contributed by atoms with Crippen LogP contribution in [0.1, 0.15) is 11.1 Å². The smallest absolute Gasteiger partial charge is 0.244 e. The van der Waals surface area contributed by atoms with Crippen molar-refractivity contribution in [3.8, 4) is 28.7 Å². The Kier molecular flexibility index (Phi) is 4.55. The molecule has 0 radical (unpaired) electrons. The van der Waals surface area contributed by atoms with Gasteiger partial charge < -0.3 is 25.5 Å². The highest BCUT2D eigenvalue weighted by Gasteiger charge is 2.09. The minimum Gasteiger partial charge on any atom is -0.504 e. The molecule has 23 heavy (non-hydrogen) atoms. The number of hydrogen-bond donors (Lipinski definition) is 6. The average molecular weight is 318 g/mol. The van der Waals surface area contributed by atoms with Gasteiger partial charge in [-0.15, -0.1) is 0 Å². The molecule has 8 nitrogen and oxygen atoms in total. The number of rotatable bonds is 4. The van der Waals surface area contributed by atoms with Crippen molar-refractivity contribution in [2.24, 2.45) is 5.10 Å². The molecule has 0 heterocycles. The molecular weight excluding hydrogens is 304 g/mol. The number of nitrogens with zero attached hydrogens (tertiary/aromatic N) is 1. The predicted molar refractivity (Wildman–Crippen MR) is 80.6 cm³/mol. The van der Waals surface area contributed by atoms with Gasteiger partial charge in [0.1, 0.15) is 0 Å². The van der Waals surface area contributed by atoms with E-state index in [4.69, 9.17) is 0 Å². The zero-order chi connectivity index (χ0) is 17.0. The first-order chi connectivity index (χ1) is 10.9. The van der Waals surface area contributed by atoms with Gasteiger partial charge in [0.15, 0.2) is 23.0 Å². The molecule has 0 saturated carbocycles. The highest BCUT2D eigenvalue weighted by molar-refractivity contribution is 5.87. The maximum absolute atomic E-state index is 11.7. The minimum atomic E-state index is -0.681. The molecule has 8 heteroatoms.